The summed E-state index contributed by atoms with van der Waals surface area (Å²) in [6, 6.07) is 8.65. The van der Waals surface area contributed by atoms with Crippen LogP contribution in [0.5, 0.6) is 5.75 Å². The summed E-state index contributed by atoms with van der Waals surface area (Å²) in [5.74, 6) is -0.958. The molecule has 0 unspecified atom stereocenters. The van der Waals surface area contributed by atoms with Gasteiger partial charge in [0.1, 0.15) is 10.0 Å². The molecule has 0 bridgehead atoms. The van der Waals surface area contributed by atoms with Crippen LogP contribution in [0, 0.1) is 0 Å². The van der Waals surface area contributed by atoms with E-state index in [1.165, 1.54) is 0 Å². The van der Waals surface area contributed by atoms with Crippen LogP contribution in [0.2, 0.25) is 25.1 Å². The van der Waals surface area contributed by atoms with E-state index in [1.54, 1.807) is 30.3 Å². The number of hydrogen-bond acceptors (Lipinski definition) is 2. The zero-order valence-electron chi connectivity index (χ0n) is 10.5. The molecule has 2 rings (SSSR count). The summed E-state index contributed by atoms with van der Waals surface area (Å²) in [5.41, 5.74) is 0.563. The van der Waals surface area contributed by atoms with E-state index in [1.807, 2.05) is 0 Å². The monoisotopic (exact) mass is 416 g/mol. The van der Waals surface area contributed by atoms with Crippen molar-refractivity contribution < 1.29 is 9.53 Å². The van der Waals surface area contributed by atoms with Crippen molar-refractivity contribution in [2.75, 3.05) is 0 Å². The van der Waals surface area contributed by atoms with Gasteiger partial charge >= 0.3 is 5.97 Å². The Labute approximate surface area is 156 Å². The van der Waals surface area contributed by atoms with Crippen LogP contribution in [-0.4, -0.2) is 5.97 Å². The van der Waals surface area contributed by atoms with E-state index in [2.05, 4.69) is 0 Å². The summed E-state index contributed by atoms with van der Waals surface area (Å²) in [7, 11) is 0. The summed E-state index contributed by atoms with van der Waals surface area (Å²) in [5, 5.41) is -1.43. The summed E-state index contributed by atoms with van der Waals surface area (Å²) in [6.07, 6.45) is 0. The Balaban J connectivity index is 2.34. The minimum atomic E-state index is -1.04. The maximum atomic E-state index is 12.1. The molecule has 0 radical (unpaired) electrons. The van der Waals surface area contributed by atoms with E-state index >= 15 is 0 Å². The highest BCUT2D eigenvalue weighted by Gasteiger charge is 2.26. The van der Waals surface area contributed by atoms with Crippen LogP contribution in [-0.2, 0) is 4.79 Å². The maximum Gasteiger partial charge on any atom is 0.334 e. The van der Waals surface area contributed by atoms with Crippen LogP contribution in [0.4, 0.5) is 0 Å². The van der Waals surface area contributed by atoms with Crippen molar-refractivity contribution in [3.8, 4) is 5.75 Å². The van der Waals surface area contributed by atoms with Gasteiger partial charge in [0.2, 0.25) is 0 Å². The van der Waals surface area contributed by atoms with Crippen molar-refractivity contribution in [2.24, 2.45) is 0 Å². The fourth-order valence-corrected chi connectivity index (χ4v) is 2.97. The average Bonchev–Trinajstić information content (AvgIpc) is 2.55. The minimum absolute atomic E-state index is 0.0244. The first-order valence-corrected chi connectivity index (χ1v) is 8.09. The largest absolute Gasteiger partial charge is 0.422 e. The van der Waals surface area contributed by atoms with Crippen molar-refractivity contribution in [3.63, 3.8) is 0 Å². The Kier molecular flexibility index (Phi) is 6.12. The Morgan fingerprint density at radius 3 is 1.77 bits per heavy atom. The molecule has 0 spiro atoms. The summed E-state index contributed by atoms with van der Waals surface area (Å²) < 4.78 is 5.15. The van der Waals surface area contributed by atoms with E-state index in [4.69, 9.17) is 74.3 Å². The molecule has 1 atom stereocenters. The highest BCUT2D eigenvalue weighted by molar-refractivity contribution is 6.55. The van der Waals surface area contributed by atoms with Crippen molar-refractivity contribution in [2.45, 2.75) is 5.38 Å². The number of esters is 1. The van der Waals surface area contributed by atoms with Gasteiger partial charge in [0.05, 0.1) is 15.1 Å². The first kappa shape index (κ1) is 18.0. The molecule has 0 saturated carbocycles. The molecular formula is C14H6Cl6O2. The molecular weight excluding hydrogens is 413 g/mol. The molecule has 0 fully saturated rings. The van der Waals surface area contributed by atoms with Gasteiger partial charge in [-0.25, -0.2) is 4.79 Å². The number of hydrogen-bond donors (Lipinski definition) is 0. The molecule has 0 aliphatic rings. The molecule has 2 aromatic carbocycles. The number of carbonyl (C=O) groups is 1. The topological polar surface area (TPSA) is 26.3 Å². The van der Waals surface area contributed by atoms with Gasteiger partial charge in [-0.2, -0.15) is 0 Å². The van der Waals surface area contributed by atoms with Gasteiger partial charge in [-0.1, -0.05) is 88.3 Å². The molecule has 0 heterocycles. The first-order chi connectivity index (χ1) is 10.3. The Morgan fingerprint density at radius 1 is 0.818 bits per heavy atom. The molecule has 8 heteroatoms. The van der Waals surface area contributed by atoms with Gasteiger partial charge in [-0.3, -0.25) is 0 Å². The molecule has 22 heavy (non-hydrogen) atoms. The van der Waals surface area contributed by atoms with Crippen LogP contribution in [0.25, 0.3) is 0 Å². The van der Waals surface area contributed by atoms with Gasteiger partial charge < -0.3 is 4.74 Å². The number of carbonyl (C=O) groups excluding carboxylic acids is 1. The van der Waals surface area contributed by atoms with E-state index in [0.717, 1.165) is 0 Å². The molecule has 116 valence electrons. The lowest BCUT2D eigenvalue weighted by Crippen LogP contribution is -2.15. The molecule has 2 aromatic rings. The summed E-state index contributed by atoms with van der Waals surface area (Å²) in [4.78, 5) is 12.1. The smallest absolute Gasteiger partial charge is 0.334 e. The molecule has 0 aliphatic carbocycles. The van der Waals surface area contributed by atoms with Gasteiger partial charge in [-0.15, -0.1) is 11.6 Å². The highest BCUT2D eigenvalue weighted by Crippen LogP contribution is 2.48. The van der Waals surface area contributed by atoms with Crippen LogP contribution in [0.1, 0.15) is 10.9 Å². The Bertz CT molecular complexity index is 688. The molecule has 0 aromatic heterocycles. The molecule has 0 aliphatic heterocycles. The number of alkyl halides is 1. The van der Waals surface area contributed by atoms with E-state index in [9.17, 15) is 4.79 Å². The summed E-state index contributed by atoms with van der Waals surface area (Å²) >= 11 is 35.7. The number of rotatable bonds is 3. The van der Waals surface area contributed by atoms with Crippen LogP contribution < -0.4 is 4.74 Å². The van der Waals surface area contributed by atoms with Crippen molar-refractivity contribution in [1.29, 1.82) is 0 Å². The number of benzene rings is 2. The predicted molar refractivity (Wildman–Crippen MR) is 92.2 cm³/mol. The third-order valence-electron chi connectivity index (χ3n) is 2.67. The standard InChI is InChI=1S/C14H6Cl6O2/c15-7(6-4-2-1-3-5-6)14(21)22-13-11(19)9(17)8(16)10(18)12(13)20/h1-5,7H/t7-/m1/s1. The van der Waals surface area contributed by atoms with Gasteiger partial charge in [0.25, 0.3) is 0 Å². The van der Waals surface area contributed by atoms with Gasteiger partial charge in [0.15, 0.2) is 11.1 Å². The fraction of sp³-hybridized carbons (Fsp3) is 0.0714. The van der Waals surface area contributed by atoms with Crippen LogP contribution in [0.15, 0.2) is 30.3 Å². The van der Waals surface area contributed by atoms with Crippen LogP contribution in [0.3, 0.4) is 0 Å². The van der Waals surface area contributed by atoms with Gasteiger partial charge in [0, 0.05) is 0 Å². The normalized spacial score (nSPS) is 12.1. The molecule has 0 saturated heterocycles. The lowest BCUT2D eigenvalue weighted by Gasteiger charge is -2.14. The van der Waals surface area contributed by atoms with Crippen molar-refractivity contribution in [1.82, 2.24) is 0 Å². The average molecular weight is 419 g/mol. The fourth-order valence-electron chi connectivity index (χ4n) is 1.58. The zero-order valence-corrected chi connectivity index (χ0v) is 15.1. The quantitative estimate of drug-likeness (QED) is 0.179. The minimum Gasteiger partial charge on any atom is -0.422 e. The predicted octanol–water partition coefficient (Wildman–Crippen LogP) is 6.84. The SMILES string of the molecule is O=C(Oc1c(Cl)c(Cl)c(Cl)c(Cl)c1Cl)[C@H](Cl)c1ccccc1. The molecule has 0 amide bonds. The lowest BCUT2D eigenvalue weighted by atomic mass is 10.1. The van der Waals surface area contributed by atoms with E-state index in [-0.39, 0.29) is 30.9 Å². The van der Waals surface area contributed by atoms with Gasteiger partial charge in [-0.05, 0) is 5.56 Å². The second-order valence-electron chi connectivity index (χ2n) is 4.09. The number of halogens is 6. The van der Waals surface area contributed by atoms with Crippen molar-refractivity contribution >= 4 is 75.6 Å². The third-order valence-corrected chi connectivity index (χ3v) is 5.34. The van der Waals surface area contributed by atoms with Crippen molar-refractivity contribution in [3.05, 3.63) is 61.0 Å². The second kappa shape index (κ2) is 7.48. The first-order valence-electron chi connectivity index (χ1n) is 5.76. The maximum absolute atomic E-state index is 12.1. The van der Waals surface area contributed by atoms with Crippen LogP contribution >= 0.6 is 69.6 Å². The highest BCUT2D eigenvalue weighted by atomic mass is 35.5. The van der Waals surface area contributed by atoms with E-state index < -0.39 is 11.3 Å². The Morgan fingerprint density at radius 2 is 1.27 bits per heavy atom. The Hall–Kier alpha value is -0.350. The lowest BCUT2D eigenvalue weighted by molar-refractivity contribution is -0.134. The second-order valence-corrected chi connectivity index (χ2v) is 6.42. The third kappa shape index (κ3) is 3.59. The zero-order chi connectivity index (χ0) is 16.4. The molecule has 2 nitrogen and oxygen atoms in total. The number of ether oxygens (including phenoxy) is 1. The molecule has 0 N–H and O–H groups in total. The summed E-state index contributed by atoms with van der Waals surface area (Å²) in [6.45, 7) is 0. The van der Waals surface area contributed by atoms with E-state index in [0.29, 0.717) is 5.56 Å².